The minimum atomic E-state index is -1.03. The molecule has 0 radical (unpaired) electrons. The zero-order valence-corrected chi connectivity index (χ0v) is 23.0. The molecule has 35 heavy (non-hydrogen) atoms. The fourth-order valence-corrected chi connectivity index (χ4v) is 11.7. The largest absolute Gasteiger partial charge is 0.481 e. The summed E-state index contributed by atoms with van der Waals surface area (Å²) in [6, 6.07) is 0. The van der Waals surface area contributed by atoms with Gasteiger partial charge in [0.2, 0.25) is 0 Å². The van der Waals surface area contributed by atoms with Crippen molar-refractivity contribution in [3.05, 3.63) is 12.2 Å². The third-order valence-corrected chi connectivity index (χ3v) is 14.0. The first-order valence-electron chi connectivity index (χ1n) is 14.2. The number of terminal acetylenes is 1. The highest BCUT2D eigenvalue weighted by molar-refractivity contribution is 5.76. The highest BCUT2D eigenvalue weighted by Gasteiger charge is 2.72. The van der Waals surface area contributed by atoms with Crippen LogP contribution in [-0.2, 0) is 4.79 Å². The molecule has 194 valence electrons. The Labute approximate surface area is 213 Å². The number of hydrogen-bond acceptors (Lipinski definition) is 2. The number of carbonyl (C=O) groups is 1. The number of rotatable bonds is 2. The predicted molar refractivity (Wildman–Crippen MR) is 140 cm³/mol. The van der Waals surface area contributed by atoms with Crippen molar-refractivity contribution in [3.8, 4) is 12.3 Å². The van der Waals surface area contributed by atoms with E-state index in [-0.39, 0.29) is 27.6 Å². The second kappa shape index (κ2) is 7.40. The summed E-state index contributed by atoms with van der Waals surface area (Å²) >= 11 is 0. The summed E-state index contributed by atoms with van der Waals surface area (Å²) in [7, 11) is 0. The van der Waals surface area contributed by atoms with E-state index < -0.39 is 17.0 Å². The summed E-state index contributed by atoms with van der Waals surface area (Å²) < 4.78 is 0. The molecule has 5 aliphatic rings. The third kappa shape index (κ3) is 2.82. The summed E-state index contributed by atoms with van der Waals surface area (Å²) in [6.45, 7) is 18.5. The highest BCUT2D eigenvalue weighted by Crippen LogP contribution is 2.78. The minimum absolute atomic E-state index is 0.134. The fraction of sp³-hybridized carbons (Fsp3) is 0.844. The molecule has 0 aromatic heterocycles. The van der Waals surface area contributed by atoms with E-state index >= 15 is 0 Å². The predicted octanol–water partition coefficient (Wildman–Crippen LogP) is 7.09. The number of carboxylic acids is 1. The van der Waals surface area contributed by atoms with Crippen LogP contribution in [0.15, 0.2) is 12.2 Å². The number of allylic oxidation sites excluding steroid dienone is 1. The average molecular weight is 481 g/mol. The Balaban J connectivity index is 1.56. The maximum atomic E-state index is 12.8. The van der Waals surface area contributed by atoms with Crippen molar-refractivity contribution < 1.29 is 15.0 Å². The molecule has 0 spiro atoms. The van der Waals surface area contributed by atoms with E-state index in [1.54, 1.807) is 0 Å². The molecule has 5 saturated carbocycles. The Bertz CT molecular complexity index is 989. The smallest absolute Gasteiger partial charge is 0.309 e. The van der Waals surface area contributed by atoms with Crippen LogP contribution in [0, 0.1) is 69.0 Å². The molecule has 5 rings (SSSR count). The standard InChI is InChI=1S/C32H48O3/c1-9-32(35)19-16-28(6)23(27(32,4)5)13-14-30(8)24(28)11-10-22-25-21(20(2)3)12-15-31(25,26(33)34)18-17-29(22,30)7/h1,21-25,35H,2,10-19H2,3-8H3,(H,33,34)/t21-,22+,23-,24+,25+,28-,29+,30+,31-,32-/m0/s1. The maximum absolute atomic E-state index is 12.8. The van der Waals surface area contributed by atoms with Crippen LogP contribution in [0.3, 0.4) is 0 Å². The maximum Gasteiger partial charge on any atom is 0.309 e. The van der Waals surface area contributed by atoms with Crippen molar-refractivity contribution in [1.29, 1.82) is 0 Å². The minimum Gasteiger partial charge on any atom is -0.481 e. The van der Waals surface area contributed by atoms with Crippen molar-refractivity contribution in [1.82, 2.24) is 0 Å². The van der Waals surface area contributed by atoms with E-state index in [1.165, 1.54) is 12.0 Å². The van der Waals surface area contributed by atoms with E-state index in [9.17, 15) is 15.0 Å². The lowest BCUT2D eigenvalue weighted by Gasteiger charge is -2.73. The first-order chi connectivity index (χ1) is 16.1. The van der Waals surface area contributed by atoms with Gasteiger partial charge in [-0.25, -0.2) is 0 Å². The van der Waals surface area contributed by atoms with Gasteiger partial charge in [0.05, 0.1) is 5.41 Å². The molecular weight excluding hydrogens is 432 g/mol. The Kier molecular flexibility index (Phi) is 5.37. The van der Waals surface area contributed by atoms with Gasteiger partial charge in [-0.3, -0.25) is 4.79 Å². The number of aliphatic hydroxyl groups is 1. The number of carboxylic acid groups (broad SMARTS) is 1. The van der Waals surface area contributed by atoms with Crippen molar-refractivity contribution >= 4 is 5.97 Å². The van der Waals surface area contributed by atoms with Gasteiger partial charge in [-0.05, 0) is 117 Å². The first-order valence-corrected chi connectivity index (χ1v) is 14.2. The van der Waals surface area contributed by atoms with E-state index in [1.807, 2.05) is 0 Å². The van der Waals surface area contributed by atoms with Crippen LogP contribution in [0.4, 0.5) is 0 Å². The van der Waals surface area contributed by atoms with Crippen LogP contribution >= 0.6 is 0 Å². The monoisotopic (exact) mass is 480 g/mol. The van der Waals surface area contributed by atoms with Crippen LogP contribution in [0.2, 0.25) is 0 Å². The van der Waals surface area contributed by atoms with Crippen LogP contribution in [0.5, 0.6) is 0 Å². The molecule has 5 aliphatic carbocycles. The van der Waals surface area contributed by atoms with Gasteiger partial charge in [0, 0.05) is 5.41 Å². The lowest BCUT2D eigenvalue weighted by atomic mass is 9.31. The zero-order chi connectivity index (χ0) is 25.8. The second-order valence-electron chi connectivity index (χ2n) is 14.9. The molecule has 0 heterocycles. The lowest BCUT2D eigenvalue weighted by molar-refractivity contribution is -0.256. The summed E-state index contributed by atoms with van der Waals surface area (Å²) in [5.41, 5.74) is -0.253. The Hall–Kier alpha value is -1.27. The molecule has 0 aromatic rings. The highest BCUT2D eigenvalue weighted by atomic mass is 16.4. The van der Waals surface area contributed by atoms with E-state index in [0.29, 0.717) is 30.1 Å². The van der Waals surface area contributed by atoms with Crippen LogP contribution in [0.25, 0.3) is 0 Å². The molecule has 0 saturated heterocycles. The van der Waals surface area contributed by atoms with E-state index in [4.69, 9.17) is 6.42 Å². The molecule has 5 fully saturated rings. The van der Waals surface area contributed by atoms with Gasteiger partial charge in [-0.1, -0.05) is 52.7 Å². The van der Waals surface area contributed by atoms with Gasteiger partial charge in [0.25, 0.3) is 0 Å². The number of aliphatic carboxylic acids is 1. The van der Waals surface area contributed by atoms with Crippen LogP contribution < -0.4 is 0 Å². The zero-order valence-electron chi connectivity index (χ0n) is 23.0. The van der Waals surface area contributed by atoms with Crippen LogP contribution in [0.1, 0.15) is 106 Å². The van der Waals surface area contributed by atoms with E-state index in [0.717, 1.165) is 51.4 Å². The van der Waals surface area contributed by atoms with Crippen molar-refractivity contribution in [2.75, 3.05) is 0 Å². The average Bonchev–Trinajstić information content (AvgIpc) is 3.18. The lowest BCUT2D eigenvalue weighted by Crippen LogP contribution is -2.68. The van der Waals surface area contributed by atoms with Gasteiger partial charge < -0.3 is 10.2 Å². The third-order valence-electron chi connectivity index (χ3n) is 14.0. The van der Waals surface area contributed by atoms with Crippen LogP contribution in [-0.4, -0.2) is 21.8 Å². The summed E-state index contributed by atoms with van der Waals surface area (Å²) in [4.78, 5) is 12.8. The summed E-state index contributed by atoms with van der Waals surface area (Å²) in [5.74, 6) is 4.22. The van der Waals surface area contributed by atoms with Gasteiger partial charge in [0.1, 0.15) is 5.60 Å². The topological polar surface area (TPSA) is 57.5 Å². The van der Waals surface area contributed by atoms with Crippen molar-refractivity contribution in [2.24, 2.45) is 56.7 Å². The Morgan fingerprint density at radius 2 is 1.57 bits per heavy atom. The van der Waals surface area contributed by atoms with Gasteiger partial charge in [-0.15, -0.1) is 6.42 Å². The Morgan fingerprint density at radius 1 is 0.886 bits per heavy atom. The molecule has 0 amide bonds. The number of fused-ring (bicyclic) bond motifs is 7. The fourth-order valence-electron chi connectivity index (χ4n) is 11.7. The molecule has 0 unspecified atom stereocenters. The van der Waals surface area contributed by atoms with Gasteiger partial charge in [-0.2, -0.15) is 0 Å². The molecule has 2 N–H and O–H groups in total. The quantitative estimate of drug-likeness (QED) is 0.327. The molecule has 3 nitrogen and oxygen atoms in total. The molecule has 3 heteroatoms. The number of hydrogen-bond donors (Lipinski definition) is 2. The SMILES string of the molecule is C#C[C@]1(O)CC[C@]2(C)[C@H]3CC[C@@H]4[C@H]5[C@H](C(=C)C)CC[C@]5(C(=O)O)CC[C@@]4(C)[C@]3(C)CC[C@H]2C1(C)C. The van der Waals surface area contributed by atoms with Crippen molar-refractivity contribution in [3.63, 3.8) is 0 Å². The first kappa shape index (κ1) is 25.4. The molecule has 0 bridgehead atoms. The van der Waals surface area contributed by atoms with Crippen molar-refractivity contribution in [2.45, 2.75) is 111 Å². The second-order valence-corrected chi connectivity index (χ2v) is 14.9. The Morgan fingerprint density at radius 3 is 2.17 bits per heavy atom. The summed E-state index contributed by atoms with van der Waals surface area (Å²) in [6.07, 6.45) is 15.8. The summed E-state index contributed by atoms with van der Waals surface area (Å²) in [5, 5.41) is 21.9. The van der Waals surface area contributed by atoms with Gasteiger partial charge >= 0.3 is 5.97 Å². The van der Waals surface area contributed by atoms with E-state index in [2.05, 4.69) is 54.0 Å². The molecule has 10 atom stereocenters. The molecule has 0 aliphatic heterocycles. The normalized spacial score (nSPS) is 54.4. The molecule has 0 aromatic carbocycles. The van der Waals surface area contributed by atoms with Gasteiger partial charge in [0.15, 0.2) is 0 Å². The molecular formula is C32H48O3.